The minimum atomic E-state index is 0.548. The topological polar surface area (TPSA) is 15.3 Å². The molecule has 0 radical (unpaired) electrons. The molecule has 0 saturated carbocycles. The lowest BCUT2D eigenvalue weighted by Gasteiger charge is -2.32. The van der Waals surface area contributed by atoms with E-state index in [1.165, 1.54) is 9.35 Å². The average molecular weight is 275 g/mol. The summed E-state index contributed by atoms with van der Waals surface area (Å²) in [4.78, 5) is 3.99. The number of nitrogens with zero attached hydrogens (tertiary/aromatic N) is 1. The van der Waals surface area contributed by atoms with Crippen LogP contribution in [0, 0.1) is 0 Å². The third-order valence-corrected chi connectivity index (χ3v) is 4.76. The van der Waals surface area contributed by atoms with E-state index in [9.17, 15) is 0 Å². The molecule has 1 N–H and O–H groups in total. The fraction of sp³-hybridized carbons (Fsp3) is 0.600. The number of hydrogen-bond donors (Lipinski definition) is 1. The van der Waals surface area contributed by atoms with Crippen LogP contribution in [0.1, 0.15) is 17.8 Å². The summed E-state index contributed by atoms with van der Waals surface area (Å²) >= 11 is 5.44. The van der Waals surface area contributed by atoms with E-state index < -0.39 is 0 Å². The second-order valence-corrected chi connectivity index (χ2v) is 5.40. The first-order valence-electron chi connectivity index (χ1n) is 4.96. The summed E-state index contributed by atoms with van der Waals surface area (Å²) in [6, 6.07) is 2.69. The molecule has 0 spiro atoms. The van der Waals surface area contributed by atoms with Crippen LogP contribution < -0.4 is 5.32 Å². The molecule has 0 unspecified atom stereocenters. The highest BCUT2D eigenvalue weighted by atomic mass is 79.9. The van der Waals surface area contributed by atoms with Gasteiger partial charge in [0.25, 0.3) is 0 Å². The monoisotopic (exact) mass is 274 g/mol. The Labute approximate surface area is 97.4 Å². The molecule has 0 aromatic carbocycles. The zero-order valence-electron chi connectivity index (χ0n) is 8.29. The normalized spacial score (nSPS) is 21.0. The van der Waals surface area contributed by atoms with E-state index >= 15 is 0 Å². The van der Waals surface area contributed by atoms with Crippen molar-refractivity contribution in [2.45, 2.75) is 13.0 Å². The summed E-state index contributed by atoms with van der Waals surface area (Å²) in [6.45, 7) is 6.85. The maximum atomic E-state index is 3.60. The first kappa shape index (κ1) is 10.6. The zero-order valence-corrected chi connectivity index (χ0v) is 10.7. The Morgan fingerprint density at radius 2 is 2.21 bits per heavy atom. The van der Waals surface area contributed by atoms with Crippen molar-refractivity contribution in [2.75, 3.05) is 26.2 Å². The lowest BCUT2D eigenvalue weighted by Crippen LogP contribution is -2.44. The van der Waals surface area contributed by atoms with Crippen molar-refractivity contribution in [3.05, 3.63) is 20.8 Å². The van der Waals surface area contributed by atoms with Gasteiger partial charge in [0.15, 0.2) is 0 Å². The van der Waals surface area contributed by atoms with Gasteiger partial charge in [-0.2, -0.15) is 0 Å². The Kier molecular flexibility index (Phi) is 3.60. The van der Waals surface area contributed by atoms with Crippen LogP contribution >= 0.6 is 27.3 Å². The molecule has 78 valence electrons. The van der Waals surface area contributed by atoms with Crippen LogP contribution in [0.15, 0.2) is 15.9 Å². The highest BCUT2D eigenvalue weighted by Crippen LogP contribution is 2.32. The van der Waals surface area contributed by atoms with Crippen molar-refractivity contribution in [2.24, 2.45) is 0 Å². The van der Waals surface area contributed by atoms with Crippen LogP contribution in [0.2, 0.25) is 0 Å². The van der Waals surface area contributed by atoms with Gasteiger partial charge >= 0.3 is 0 Å². The predicted octanol–water partition coefficient (Wildman–Crippen LogP) is 2.48. The van der Waals surface area contributed by atoms with Crippen molar-refractivity contribution in [3.63, 3.8) is 0 Å². The summed E-state index contributed by atoms with van der Waals surface area (Å²) in [5, 5.41) is 5.53. The highest BCUT2D eigenvalue weighted by Gasteiger charge is 2.20. The number of thiophene rings is 1. The first-order valence-corrected chi connectivity index (χ1v) is 6.64. The SMILES string of the molecule is C[C@@H](c1sccc1Br)N1CCNCC1. The zero-order chi connectivity index (χ0) is 9.97. The molecule has 1 atom stereocenters. The maximum Gasteiger partial charge on any atom is 0.0425 e. The minimum Gasteiger partial charge on any atom is -0.314 e. The second-order valence-electron chi connectivity index (χ2n) is 3.59. The van der Waals surface area contributed by atoms with Gasteiger partial charge in [0.2, 0.25) is 0 Å². The average Bonchev–Trinajstić information content (AvgIpc) is 2.65. The van der Waals surface area contributed by atoms with Gasteiger partial charge in [0.05, 0.1) is 0 Å². The van der Waals surface area contributed by atoms with Crippen molar-refractivity contribution in [3.8, 4) is 0 Å². The number of piperazine rings is 1. The molecule has 0 amide bonds. The summed E-state index contributed by atoms with van der Waals surface area (Å²) in [7, 11) is 0. The first-order chi connectivity index (χ1) is 6.79. The minimum absolute atomic E-state index is 0.548. The van der Waals surface area contributed by atoms with Gasteiger partial charge < -0.3 is 5.32 Å². The number of hydrogen-bond acceptors (Lipinski definition) is 3. The van der Waals surface area contributed by atoms with Gasteiger partial charge in [-0.15, -0.1) is 11.3 Å². The van der Waals surface area contributed by atoms with Crippen LogP contribution in [0.5, 0.6) is 0 Å². The molecular weight excluding hydrogens is 260 g/mol. The molecule has 1 aliphatic rings. The molecule has 1 saturated heterocycles. The van der Waals surface area contributed by atoms with Crippen LogP contribution in [0.25, 0.3) is 0 Å². The van der Waals surface area contributed by atoms with Crippen LogP contribution in [0.4, 0.5) is 0 Å². The largest absolute Gasteiger partial charge is 0.314 e. The standard InChI is InChI=1S/C10H15BrN2S/c1-8(10-9(11)2-7-14-10)13-5-3-12-4-6-13/h2,7-8,12H,3-6H2,1H3/t8-/m0/s1. The highest BCUT2D eigenvalue weighted by molar-refractivity contribution is 9.10. The summed E-state index contributed by atoms with van der Waals surface area (Å²) in [5.41, 5.74) is 0. The molecule has 2 heterocycles. The van der Waals surface area contributed by atoms with Crippen molar-refractivity contribution < 1.29 is 0 Å². The quantitative estimate of drug-likeness (QED) is 0.892. The van der Waals surface area contributed by atoms with Gasteiger partial charge in [-0.25, -0.2) is 0 Å². The van der Waals surface area contributed by atoms with Crippen molar-refractivity contribution in [1.29, 1.82) is 0 Å². The third-order valence-electron chi connectivity index (χ3n) is 2.72. The summed E-state index contributed by atoms with van der Waals surface area (Å²) in [6.07, 6.45) is 0. The fourth-order valence-electron chi connectivity index (χ4n) is 1.84. The number of halogens is 1. The molecule has 1 aromatic heterocycles. The Hall–Kier alpha value is 0.1000. The van der Waals surface area contributed by atoms with Gasteiger partial charge in [-0.3, -0.25) is 4.90 Å². The van der Waals surface area contributed by atoms with E-state index in [4.69, 9.17) is 0 Å². The number of rotatable bonds is 2. The van der Waals surface area contributed by atoms with E-state index in [1.54, 1.807) is 0 Å². The molecule has 2 rings (SSSR count). The molecule has 1 aliphatic heterocycles. The van der Waals surface area contributed by atoms with Crippen LogP contribution in [0.3, 0.4) is 0 Å². The smallest absolute Gasteiger partial charge is 0.0425 e. The van der Waals surface area contributed by atoms with Gasteiger partial charge in [-0.1, -0.05) is 0 Å². The Bertz CT molecular complexity index is 294. The Balaban J connectivity index is 2.07. The Morgan fingerprint density at radius 1 is 1.50 bits per heavy atom. The van der Waals surface area contributed by atoms with Gasteiger partial charge in [-0.05, 0) is 34.3 Å². The molecular formula is C10H15BrN2S. The molecule has 1 aromatic rings. The molecule has 1 fully saturated rings. The third kappa shape index (κ3) is 2.19. The van der Waals surface area contributed by atoms with Gasteiger partial charge in [0.1, 0.15) is 0 Å². The molecule has 0 bridgehead atoms. The van der Waals surface area contributed by atoms with Crippen molar-refractivity contribution >= 4 is 27.3 Å². The number of nitrogens with one attached hydrogen (secondary N) is 1. The molecule has 14 heavy (non-hydrogen) atoms. The van der Waals surface area contributed by atoms with E-state index in [-0.39, 0.29) is 0 Å². The molecule has 0 aliphatic carbocycles. The molecule has 2 nitrogen and oxygen atoms in total. The van der Waals surface area contributed by atoms with E-state index in [0.717, 1.165) is 26.2 Å². The lowest BCUT2D eigenvalue weighted by molar-refractivity contribution is 0.187. The van der Waals surface area contributed by atoms with E-state index in [1.807, 2.05) is 11.3 Å². The van der Waals surface area contributed by atoms with Crippen LogP contribution in [-0.4, -0.2) is 31.1 Å². The van der Waals surface area contributed by atoms with E-state index in [2.05, 4.69) is 44.5 Å². The predicted molar refractivity (Wildman–Crippen MR) is 64.9 cm³/mol. The van der Waals surface area contributed by atoms with E-state index in [0.29, 0.717) is 6.04 Å². The summed E-state index contributed by atoms with van der Waals surface area (Å²) < 4.78 is 1.26. The maximum absolute atomic E-state index is 3.60. The summed E-state index contributed by atoms with van der Waals surface area (Å²) in [5.74, 6) is 0. The van der Waals surface area contributed by atoms with Crippen molar-refractivity contribution in [1.82, 2.24) is 10.2 Å². The lowest BCUT2D eigenvalue weighted by atomic mass is 10.2. The fourth-order valence-corrected chi connectivity index (χ4v) is 3.63. The second kappa shape index (κ2) is 4.75. The Morgan fingerprint density at radius 3 is 2.79 bits per heavy atom. The molecule has 4 heteroatoms. The van der Waals surface area contributed by atoms with Gasteiger partial charge in [0, 0.05) is 41.6 Å². The van der Waals surface area contributed by atoms with Crippen LogP contribution in [-0.2, 0) is 0 Å².